The Morgan fingerprint density at radius 1 is 1.30 bits per heavy atom. The van der Waals surface area contributed by atoms with Gasteiger partial charge in [-0.3, -0.25) is 0 Å². The van der Waals surface area contributed by atoms with Gasteiger partial charge in [0.25, 0.3) is 0 Å². The first-order valence-electron chi connectivity index (χ1n) is 6.99. The summed E-state index contributed by atoms with van der Waals surface area (Å²) in [7, 11) is -3.44. The highest BCUT2D eigenvalue weighted by atomic mass is 32.2. The van der Waals surface area contributed by atoms with Crippen LogP contribution in [0.1, 0.15) is 25.3 Å². The van der Waals surface area contributed by atoms with Crippen LogP contribution in [0.25, 0.3) is 0 Å². The Morgan fingerprint density at radius 2 is 2.05 bits per heavy atom. The number of ether oxygens (including phenoxy) is 1. The van der Waals surface area contributed by atoms with Crippen LogP contribution in [0.3, 0.4) is 0 Å². The topological polar surface area (TPSA) is 67.4 Å². The van der Waals surface area contributed by atoms with Crippen molar-refractivity contribution < 1.29 is 13.2 Å². The van der Waals surface area contributed by atoms with Gasteiger partial charge in [0.15, 0.2) is 0 Å². The van der Waals surface area contributed by atoms with E-state index in [1.54, 1.807) is 18.2 Å². The number of rotatable bonds is 8. The van der Waals surface area contributed by atoms with Gasteiger partial charge in [-0.05, 0) is 50.5 Å². The molecule has 0 bridgehead atoms. The molecule has 1 aliphatic carbocycles. The van der Waals surface area contributed by atoms with E-state index in [9.17, 15) is 8.42 Å². The number of nitrogens with one attached hydrogen (secondary N) is 2. The van der Waals surface area contributed by atoms with E-state index in [4.69, 9.17) is 4.74 Å². The minimum Gasteiger partial charge on any atom is -0.494 e. The molecule has 0 saturated heterocycles. The summed E-state index contributed by atoms with van der Waals surface area (Å²) in [5.41, 5.74) is 0.825. The molecule has 0 aliphatic heterocycles. The molecule has 5 nitrogen and oxygen atoms in total. The van der Waals surface area contributed by atoms with Gasteiger partial charge in [0.2, 0.25) is 10.0 Å². The van der Waals surface area contributed by atoms with Crippen molar-refractivity contribution in [3.05, 3.63) is 23.8 Å². The molecule has 0 aromatic heterocycles. The Morgan fingerprint density at radius 3 is 2.65 bits per heavy atom. The summed E-state index contributed by atoms with van der Waals surface area (Å²) in [6, 6.07) is 5.51. The number of aryl methyl sites for hydroxylation is 1. The lowest BCUT2D eigenvalue weighted by Crippen LogP contribution is -2.32. The molecule has 1 aromatic rings. The van der Waals surface area contributed by atoms with Crippen molar-refractivity contribution in [1.29, 1.82) is 0 Å². The van der Waals surface area contributed by atoms with E-state index in [-0.39, 0.29) is 4.90 Å². The highest BCUT2D eigenvalue weighted by Gasteiger charge is 2.20. The van der Waals surface area contributed by atoms with Crippen LogP contribution in [-0.2, 0) is 10.0 Å². The van der Waals surface area contributed by atoms with Crippen molar-refractivity contribution in [2.75, 3.05) is 19.7 Å². The Kier molecular flexibility index (Phi) is 5.01. The molecular formula is C14H22N2O3S. The summed E-state index contributed by atoms with van der Waals surface area (Å²) in [6.45, 7) is 5.39. The zero-order valence-corrected chi connectivity index (χ0v) is 12.8. The van der Waals surface area contributed by atoms with E-state index in [1.807, 2.05) is 13.8 Å². The van der Waals surface area contributed by atoms with Crippen LogP contribution in [0.15, 0.2) is 23.1 Å². The number of hydrogen-bond donors (Lipinski definition) is 2. The van der Waals surface area contributed by atoms with Crippen LogP contribution in [0.2, 0.25) is 0 Å². The van der Waals surface area contributed by atoms with E-state index in [2.05, 4.69) is 10.0 Å². The second-order valence-corrected chi connectivity index (χ2v) is 6.75. The molecule has 0 radical (unpaired) electrons. The van der Waals surface area contributed by atoms with Crippen LogP contribution >= 0.6 is 0 Å². The smallest absolute Gasteiger partial charge is 0.240 e. The van der Waals surface area contributed by atoms with E-state index >= 15 is 0 Å². The third-order valence-electron chi connectivity index (χ3n) is 3.18. The average molecular weight is 298 g/mol. The van der Waals surface area contributed by atoms with Crippen molar-refractivity contribution in [2.45, 2.75) is 37.6 Å². The molecule has 2 N–H and O–H groups in total. The second-order valence-electron chi connectivity index (χ2n) is 4.99. The maximum atomic E-state index is 12.1. The zero-order valence-electron chi connectivity index (χ0n) is 12.0. The lowest BCUT2D eigenvalue weighted by atomic mass is 10.2. The van der Waals surface area contributed by atoms with Gasteiger partial charge in [0, 0.05) is 19.1 Å². The Bertz CT molecular complexity index is 554. The molecule has 0 unspecified atom stereocenters. The maximum absolute atomic E-state index is 12.1. The lowest BCUT2D eigenvalue weighted by molar-refractivity contribution is 0.337. The Labute approximate surface area is 120 Å². The SMILES string of the molecule is CCOc1ccc(S(=O)(=O)NCCNC2CC2)cc1C. The van der Waals surface area contributed by atoms with Gasteiger partial charge >= 0.3 is 0 Å². The predicted molar refractivity (Wildman–Crippen MR) is 78.6 cm³/mol. The van der Waals surface area contributed by atoms with Crippen LogP contribution in [0.4, 0.5) is 0 Å². The Hall–Kier alpha value is -1.11. The first-order chi connectivity index (χ1) is 9.53. The summed E-state index contributed by atoms with van der Waals surface area (Å²) < 4.78 is 32.3. The summed E-state index contributed by atoms with van der Waals surface area (Å²) in [4.78, 5) is 0.282. The van der Waals surface area contributed by atoms with Crippen molar-refractivity contribution in [2.24, 2.45) is 0 Å². The molecule has 2 rings (SSSR count). The van der Waals surface area contributed by atoms with Crippen LogP contribution in [0.5, 0.6) is 5.75 Å². The standard InChI is InChI=1S/C14H22N2O3S/c1-3-19-14-7-6-13(10-11(14)2)20(17,18)16-9-8-15-12-4-5-12/h6-7,10,12,15-16H,3-5,8-9H2,1-2H3. The van der Waals surface area contributed by atoms with Crippen molar-refractivity contribution in [3.8, 4) is 5.75 Å². The van der Waals surface area contributed by atoms with Crippen molar-refractivity contribution in [1.82, 2.24) is 10.0 Å². The quantitative estimate of drug-likeness (QED) is 0.712. The Balaban J connectivity index is 1.95. The van der Waals surface area contributed by atoms with Crippen molar-refractivity contribution >= 4 is 10.0 Å². The maximum Gasteiger partial charge on any atom is 0.240 e. The van der Waals surface area contributed by atoms with Gasteiger partial charge in [-0.15, -0.1) is 0 Å². The lowest BCUT2D eigenvalue weighted by Gasteiger charge is -2.11. The van der Waals surface area contributed by atoms with Gasteiger partial charge < -0.3 is 10.1 Å². The monoisotopic (exact) mass is 298 g/mol. The molecule has 6 heteroatoms. The third kappa shape index (κ3) is 4.19. The molecule has 1 aliphatic rings. The molecule has 0 atom stereocenters. The molecule has 1 saturated carbocycles. The molecular weight excluding hydrogens is 276 g/mol. The molecule has 0 amide bonds. The molecule has 1 aromatic carbocycles. The van der Waals surface area contributed by atoms with Gasteiger partial charge in [-0.25, -0.2) is 13.1 Å². The van der Waals surface area contributed by atoms with Crippen LogP contribution in [-0.4, -0.2) is 34.2 Å². The van der Waals surface area contributed by atoms with E-state index in [1.165, 1.54) is 12.8 Å². The van der Waals surface area contributed by atoms with E-state index in [0.29, 0.717) is 25.7 Å². The van der Waals surface area contributed by atoms with Gasteiger partial charge in [0.1, 0.15) is 5.75 Å². The molecule has 20 heavy (non-hydrogen) atoms. The van der Waals surface area contributed by atoms with Gasteiger partial charge in [0.05, 0.1) is 11.5 Å². The van der Waals surface area contributed by atoms with Crippen molar-refractivity contribution in [3.63, 3.8) is 0 Å². The molecule has 1 fully saturated rings. The first kappa shape index (κ1) is 15.3. The normalized spacial score (nSPS) is 15.3. The summed E-state index contributed by atoms with van der Waals surface area (Å²) in [5, 5.41) is 3.27. The first-order valence-corrected chi connectivity index (χ1v) is 8.47. The molecule has 112 valence electrons. The summed E-state index contributed by atoms with van der Waals surface area (Å²) >= 11 is 0. The fourth-order valence-corrected chi connectivity index (χ4v) is 3.06. The van der Waals surface area contributed by atoms with Gasteiger partial charge in [-0.2, -0.15) is 0 Å². The summed E-state index contributed by atoms with van der Waals surface area (Å²) in [5.74, 6) is 0.724. The third-order valence-corrected chi connectivity index (χ3v) is 4.64. The minimum absolute atomic E-state index is 0.282. The average Bonchev–Trinajstić information content (AvgIpc) is 3.21. The fraction of sp³-hybridized carbons (Fsp3) is 0.571. The minimum atomic E-state index is -3.44. The number of sulfonamides is 1. The summed E-state index contributed by atoms with van der Waals surface area (Å²) in [6.07, 6.45) is 2.40. The largest absolute Gasteiger partial charge is 0.494 e. The zero-order chi connectivity index (χ0) is 14.6. The predicted octanol–water partition coefficient (Wildman–Crippen LogP) is 1.42. The highest BCUT2D eigenvalue weighted by Crippen LogP contribution is 2.21. The van der Waals surface area contributed by atoms with Crippen LogP contribution < -0.4 is 14.8 Å². The number of hydrogen-bond acceptors (Lipinski definition) is 4. The second kappa shape index (κ2) is 6.56. The van der Waals surface area contributed by atoms with E-state index in [0.717, 1.165) is 11.3 Å². The highest BCUT2D eigenvalue weighted by molar-refractivity contribution is 7.89. The number of benzene rings is 1. The van der Waals surface area contributed by atoms with Gasteiger partial charge in [-0.1, -0.05) is 0 Å². The molecule has 0 heterocycles. The van der Waals surface area contributed by atoms with Crippen LogP contribution in [0, 0.1) is 6.92 Å². The molecule has 0 spiro atoms. The van der Waals surface area contributed by atoms with E-state index < -0.39 is 10.0 Å². The fourth-order valence-electron chi connectivity index (χ4n) is 1.94.